The number of benzene rings is 1. The van der Waals surface area contributed by atoms with E-state index in [1.807, 2.05) is 29.6 Å². The highest BCUT2D eigenvalue weighted by molar-refractivity contribution is 7.10. The molecule has 1 aliphatic rings. The van der Waals surface area contributed by atoms with Crippen LogP contribution in [-0.2, 0) is 12.6 Å². The predicted octanol–water partition coefficient (Wildman–Crippen LogP) is 4.97. The van der Waals surface area contributed by atoms with Gasteiger partial charge in [0.2, 0.25) is 0 Å². The fraction of sp³-hybridized carbons (Fsp3) is 0.273. The van der Waals surface area contributed by atoms with Crippen molar-refractivity contribution in [1.82, 2.24) is 9.88 Å². The highest BCUT2D eigenvalue weighted by Gasteiger charge is 2.36. The van der Waals surface area contributed by atoms with E-state index in [2.05, 4.69) is 4.98 Å². The average molecular weight is 448 g/mol. The molecule has 0 bridgehead atoms. The van der Waals surface area contributed by atoms with Crippen molar-refractivity contribution in [3.63, 3.8) is 0 Å². The highest BCUT2D eigenvalue weighted by Crippen LogP contribution is 2.42. The summed E-state index contributed by atoms with van der Waals surface area (Å²) in [5.41, 5.74) is 1.02. The molecular formula is C22H19F3N2O3S. The molecule has 3 aromatic rings. The van der Waals surface area contributed by atoms with Gasteiger partial charge in [-0.25, -0.2) is 0 Å². The Hall–Kier alpha value is -3.07. The molecule has 0 fully saturated rings. The number of halogens is 3. The Morgan fingerprint density at radius 3 is 2.48 bits per heavy atom. The minimum Gasteiger partial charge on any atom is -0.493 e. The van der Waals surface area contributed by atoms with Gasteiger partial charge in [-0.1, -0.05) is 6.07 Å². The van der Waals surface area contributed by atoms with Crippen LogP contribution in [0, 0.1) is 0 Å². The van der Waals surface area contributed by atoms with Crippen LogP contribution in [-0.4, -0.2) is 36.6 Å². The Kier molecular flexibility index (Phi) is 5.62. The van der Waals surface area contributed by atoms with Gasteiger partial charge in [0.1, 0.15) is 5.69 Å². The topological polar surface area (TPSA) is 51.7 Å². The number of thiophene rings is 1. The summed E-state index contributed by atoms with van der Waals surface area (Å²) >= 11 is 1.51. The fourth-order valence-electron chi connectivity index (χ4n) is 3.77. The summed E-state index contributed by atoms with van der Waals surface area (Å²) in [6.45, 7) is 0.408. The fourth-order valence-corrected chi connectivity index (χ4v) is 4.63. The number of fused-ring (bicyclic) bond motifs is 1. The molecule has 0 radical (unpaired) electrons. The highest BCUT2D eigenvalue weighted by atomic mass is 32.1. The van der Waals surface area contributed by atoms with Gasteiger partial charge in [-0.2, -0.15) is 13.2 Å². The molecule has 3 heterocycles. The number of hydrogen-bond acceptors (Lipinski definition) is 5. The number of carbonyl (C=O) groups is 1. The van der Waals surface area contributed by atoms with E-state index < -0.39 is 17.9 Å². The van der Waals surface area contributed by atoms with Crippen LogP contribution in [0.3, 0.4) is 0 Å². The third-order valence-electron chi connectivity index (χ3n) is 5.25. The molecule has 1 amide bonds. The zero-order chi connectivity index (χ0) is 22.2. The number of carbonyl (C=O) groups excluding carboxylic acids is 1. The Bertz CT molecular complexity index is 1080. The molecule has 4 rings (SSSR count). The van der Waals surface area contributed by atoms with Crippen molar-refractivity contribution in [2.75, 3.05) is 20.8 Å². The quantitative estimate of drug-likeness (QED) is 0.566. The normalized spacial score (nSPS) is 16.0. The number of methoxy groups -OCH3 is 2. The lowest BCUT2D eigenvalue weighted by Gasteiger charge is -2.37. The van der Waals surface area contributed by atoms with E-state index in [0.29, 0.717) is 24.5 Å². The molecule has 1 atom stereocenters. The third kappa shape index (κ3) is 3.97. The maximum absolute atomic E-state index is 13.3. The number of aromatic nitrogens is 1. The maximum atomic E-state index is 13.3. The smallest absolute Gasteiger partial charge is 0.433 e. The van der Waals surface area contributed by atoms with E-state index in [1.165, 1.54) is 17.4 Å². The van der Waals surface area contributed by atoms with Crippen LogP contribution in [0.15, 0.2) is 48.0 Å². The van der Waals surface area contributed by atoms with Crippen LogP contribution in [0.2, 0.25) is 0 Å². The number of pyridine rings is 1. The summed E-state index contributed by atoms with van der Waals surface area (Å²) in [6, 6.07) is 9.23. The largest absolute Gasteiger partial charge is 0.493 e. The Morgan fingerprint density at radius 1 is 1.16 bits per heavy atom. The third-order valence-corrected chi connectivity index (χ3v) is 6.17. The van der Waals surface area contributed by atoms with E-state index in [0.717, 1.165) is 28.3 Å². The first-order valence-corrected chi connectivity index (χ1v) is 10.3. The molecule has 5 nitrogen and oxygen atoms in total. The van der Waals surface area contributed by atoms with Gasteiger partial charge in [-0.3, -0.25) is 9.78 Å². The summed E-state index contributed by atoms with van der Waals surface area (Å²) in [5.74, 6) is 0.784. The lowest BCUT2D eigenvalue weighted by Crippen LogP contribution is -2.40. The molecular weight excluding hydrogens is 429 g/mol. The number of nitrogens with zero attached hydrogens (tertiary/aromatic N) is 2. The standard InChI is InChI=1S/C22H19F3N2O3S/c1-29-16-10-13-7-8-27(21(28)14-5-6-19(26-12-14)22(23,24)25)20(18-4-3-9-31-18)15(13)11-17(16)30-2/h3-6,9-12,20H,7-8H2,1-2H3. The average Bonchev–Trinajstić information content (AvgIpc) is 3.30. The second-order valence-corrected chi connectivity index (χ2v) is 7.98. The van der Waals surface area contributed by atoms with Crippen LogP contribution in [0.5, 0.6) is 11.5 Å². The van der Waals surface area contributed by atoms with Crippen molar-refractivity contribution >= 4 is 17.2 Å². The first-order valence-electron chi connectivity index (χ1n) is 9.46. The van der Waals surface area contributed by atoms with Crippen LogP contribution in [0.25, 0.3) is 0 Å². The van der Waals surface area contributed by atoms with Gasteiger partial charge in [-0.15, -0.1) is 11.3 Å². The first kappa shape index (κ1) is 21.2. The second kappa shape index (κ2) is 8.22. The summed E-state index contributed by atoms with van der Waals surface area (Å²) in [7, 11) is 3.11. The summed E-state index contributed by atoms with van der Waals surface area (Å²) in [5, 5.41) is 1.92. The van der Waals surface area contributed by atoms with E-state index in [1.54, 1.807) is 19.1 Å². The van der Waals surface area contributed by atoms with Crippen molar-refractivity contribution < 1.29 is 27.4 Å². The zero-order valence-electron chi connectivity index (χ0n) is 16.8. The molecule has 1 aliphatic heterocycles. The summed E-state index contributed by atoms with van der Waals surface area (Å²) < 4.78 is 49.4. The van der Waals surface area contributed by atoms with Crippen LogP contribution >= 0.6 is 11.3 Å². The van der Waals surface area contributed by atoms with Gasteiger partial charge in [0.15, 0.2) is 11.5 Å². The number of rotatable bonds is 4. The van der Waals surface area contributed by atoms with E-state index in [-0.39, 0.29) is 11.5 Å². The summed E-state index contributed by atoms with van der Waals surface area (Å²) in [6.07, 6.45) is -2.99. The van der Waals surface area contributed by atoms with E-state index in [4.69, 9.17) is 9.47 Å². The lowest BCUT2D eigenvalue weighted by atomic mass is 9.90. The van der Waals surface area contributed by atoms with Gasteiger partial charge in [0.05, 0.1) is 25.8 Å². The molecule has 2 aromatic heterocycles. The number of alkyl halides is 3. The Balaban J connectivity index is 1.75. The number of amides is 1. The SMILES string of the molecule is COc1cc2c(cc1OC)C(c1cccs1)N(C(=O)c1ccc(C(F)(F)F)nc1)CC2. The predicted molar refractivity (Wildman–Crippen MR) is 110 cm³/mol. The Morgan fingerprint density at radius 2 is 1.90 bits per heavy atom. The molecule has 0 N–H and O–H groups in total. The molecule has 31 heavy (non-hydrogen) atoms. The van der Waals surface area contributed by atoms with Crippen molar-refractivity contribution in [2.45, 2.75) is 18.6 Å². The molecule has 0 spiro atoms. The molecule has 0 saturated carbocycles. The molecule has 1 unspecified atom stereocenters. The van der Waals surface area contributed by atoms with Gasteiger partial charge in [0.25, 0.3) is 5.91 Å². The lowest BCUT2D eigenvalue weighted by molar-refractivity contribution is -0.141. The monoisotopic (exact) mass is 448 g/mol. The van der Waals surface area contributed by atoms with Gasteiger partial charge < -0.3 is 14.4 Å². The van der Waals surface area contributed by atoms with Crippen LogP contribution in [0.1, 0.15) is 38.1 Å². The summed E-state index contributed by atoms with van der Waals surface area (Å²) in [4.78, 5) is 19.4. The van der Waals surface area contributed by atoms with E-state index in [9.17, 15) is 18.0 Å². The molecule has 9 heteroatoms. The molecule has 162 valence electrons. The minimum atomic E-state index is -4.55. The molecule has 0 aliphatic carbocycles. The zero-order valence-corrected chi connectivity index (χ0v) is 17.6. The first-order chi connectivity index (χ1) is 14.8. The van der Waals surface area contributed by atoms with Crippen molar-refractivity contribution in [3.8, 4) is 11.5 Å². The number of ether oxygens (including phenoxy) is 2. The van der Waals surface area contributed by atoms with Crippen molar-refractivity contribution in [3.05, 3.63) is 75.2 Å². The van der Waals surface area contributed by atoms with Crippen molar-refractivity contribution in [2.24, 2.45) is 0 Å². The van der Waals surface area contributed by atoms with E-state index >= 15 is 0 Å². The minimum absolute atomic E-state index is 0.110. The Labute approximate surface area is 181 Å². The van der Waals surface area contributed by atoms with Crippen LogP contribution in [0.4, 0.5) is 13.2 Å². The molecule has 0 saturated heterocycles. The maximum Gasteiger partial charge on any atom is 0.433 e. The van der Waals surface area contributed by atoms with Crippen LogP contribution < -0.4 is 9.47 Å². The molecule has 1 aromatic carbocycles. The van der Waals surface area contributed by atoms with Gasteiger partial charge in [-0.05, 0) is 53.3 Å². The van der Waals surface area contributed by atoms with Gasteiger partial charge >= 0.3 is 6.18 Å². The van der Waals surface area contributed by atoms with Crippen molar-refractivity contribution in [1.29, 1.82) is 0 Å². The number of hydrogen-bond donors (Lipinski definition) is 0. The second-order valence-electron chi connectivity index (χ2n) is 7.00. The van der Waals surface area contributed by atoms with Gasteiger partial charge in [0, 0.05) is 17.6 Å².